The standard InChI is InChI=1S/C21H30N4O2/c1-25-15-18(14-23-25)17(13-20(26)27)7-4-2-3-5-9-19-11-10-16-8-6-12-22-21(16)24-19/h10-11,14-15,17H,2-9,12-13H2,1H3,(H,22,24)(H,26,27). The summed E-state index contributed by atoms with van der Waals surface area (Å²) < 4.78 is 1.74. The number of rotatable bonds is 10. The lowest BCUT2D eigenvalue weighted by molar-refractivity contribution is -0.137. The first-order valence-corrected chi connectivity index (χ1v) is 10.0. The number of nitrogens with one attached hydrogen (secondary N) is 1. The zero-order chi connectivity index (χ0) is 19.1. The van der Waals surface area contributed by atoms with E-state index in [1.165, 1.54) is 17.7 Å². The molecule has 2 aromatic rings. The molecule has 6 nitrogen and oxygen atoms in total. The first-order chi connectivity index (χ1) is 13.1. The molecular weight excluding hydrogens is 340 g/mol. The number of anilines is 1. The van der Waals surface area contributed by atoms with Crippen molar-refractivity contribution in [2.45, 2.75) is 63.7 Å². The number of unbranched alkanes of at least 4 members (excludes halogenated alkanes) is 3. The summed E-state index contributed by atoms with van der Waals surface area (Å²) in [6.07, 6.45) is 12.6. The van der Waals surface area contributed by atoms with Gasteiger partial charge in [-0.3, -0.25) is 9.48 Å². The van der Waals surface area contributed by atoms with Crippen molar-refractivity contribution in [1.82, 2.24) is 14.8 Å². The minimum atomic E-state index is -0.740. The van der Waals surface area contributed by atoms with Crippen LogP contribution in [0.3, 0.4) is 0 Å². The minimum absolute atomic E-state index is 0.0598. The molecule has 2 N–H and O–H groups in total. The molecule has 146 valence electrons. The van der Waals surface area contributed by atoms with Gasteiger partial charge in [0, 0.05) is 25.5 Å². The third kappa shape index (κ3) is 5.81. The maximum atomic E-state index is 11.1. The maximum Gasteiger partial charge on any atom is 0.303 e. The Hall–Kier alpha value is -2.37. The van der Waals surface area contributed by atoms with E-state index >= 15 is 0 Å². The zero-order valence-electron chi connectivity index (χ0n) is 16.2. The molecule has 0 spiro atoms. The van der Waals surface area contributed by atoms with E-state index in [1.807, 2.05) is 13.2 Å². The molecule has 1 aliphatic heterocycles. The Morgan fingerprint density at radius 3 is 2.93 bits per heavy atom. The van der Waals surface area contributed by atoms with E-state index in [1.54, 1.807) is 10.9 Å². The van der Waals surface area contributed by atoms with Gasteiger partial charge in [0.15, 0.2) is 0 Å². The van der Waals surface area contributed by atoms with Crippen LogP contribution in [0, 0.1) is 0 Å². The molecule has 1 unspecified atom stereocenters. The first kappa shape index (κ1) is 19.4. The van der Waals surface area contributed by atoms with Crippen LogP contribution in [0.5, 0.6) is 0 Å². The molecule has 0 saturated heterocycles. The van der Waals surface area contributed by atoms with Gasteiger partial charge in [-0.25, -0.2) is 4.98 Å². The molecule has 3 rings (SSSR count). The Balaban J connectivity index is 1.38. The fourth-order valence-electron chi connectivity index (χ4n) is 3.81. The second kappa shape index (κ2) is 9.53. The number of pyridine rings is 1. The Kier molecular flexibility index (Phi) is 6.85. The smallest absolute Gasteiger partial charge is 0.303 e. The molecule has 0 radical (unpaired) electrons. The number of fused-ring (bicyclic) bond motifs is 1. The number of carboxylic acids is 1. The van der Waals surface area contributed by atoms with Crippen LogP contribution < -0.4 is 5.32 Å². The SMILES string of the molecule is Cn1cc(C(CCCCCCc2ccc3c(n2)NCCC3)CC(=O)O)cn1. The van der Waals surface area contributed by atoms with E-state index in [0.29, 0.717) is 0 Å². The number of carbonyl (C=O) groups is 1. The van der Waals surface area contributed by atoms with Crippen molar-refractivity contribution in [3.05, 3.63) is 41.3 Å². The highest BCUT2D eigenvalue weighted by Crippen LogP contribution is 2.26. The average Bonchev–Trinajstić information content (AvgIpc) is 3.09. The van der Waals surface area contributed by atoms with Gasteiger partial charge < -0.3 is 10.4 Å². The second-order valence-corrected chi connectivity index (χ2v) is 7.54. The van der Waals surface area contributed by atoms with Crippen LogP contribution in [0.4, 0.5) is 5.82 Å². The predicted octanol–water partition coefficient (Wildman–Crippen LogP) is 3.92. The fourth-order valence-corrected chi connectivity index (χ4v) is 3.81. The number of aliphatic carboxylic acids is 1. The molecule has 27 heavy (non-hydrogen) atoms. The normalized spacial score (nSPS) is 14.4. The van der Waals surface area contributed by atoms with Gasteiger partial charge in [-0.05, 0) is 55.2 Å². The zero-order valence-corrected chi connectivity index (χ0v) is 16.2. The highest BCUT2D eigenvalue weighted by atomic mass is 16.4. The predicted molar refractivity (Wildman–Crippen MR) is 106 cm³/mol. The van der Waals surface area contributed by atoms with Crippen molar-refractivity contribution in [3.8, 4) is 0 Å². The lowest BCUT2D eigenvalue weighted by Gasteiger charge is -2.17. The van der Waals surface area contributed by atoms with Crippen LogP contribution in [0.2, 0.25) is 0 Å². The number of nitrogens with zero attached hydrogens (tertiary/aromatic N) is 3. The van der Waals surface area contributed by atoms with Gasteiger partial charge in [-0.2, -0.15) is 5.10 Å². The largest absolute Gasteiger partial charge is 0.481 e. The van der Waals surface area contributed by atoms with Crippen LogP contribution in [0.25, 0.3) is 0 Å². The van der Waals surface area contributed by atoms with Crippen molar-refractivity contribution in [2.75, 3.05) is 11.9 Å². The van der Waals surface area contributed by atoms with Crippen LogP contribution in [-0.4, -0.2) is 32.4 Å². The average molecular weight is 370 g/mol. The minimum Gasteiger partial charge on any atom is -0.481 e. The molecule has 3 heterocycles. The van der Waals surface area contributed by atoms with Gasteiger partial charge in [0.1, 0.15) is 5.82 Å². The summed E-state index contributed by atoms with van der Waals surface area (Å²) >= 11 is 0. The molecule has 0 fully saturated rings. The topological polar surface area (TPSA) is 80.0 Å². The van der Waals surface area contributed by atoms with Gasteiger partial charge in [-0.15, -0.1) is 0 Å². The summed E-state index contributed by atoms with van der Waals surface area (Å²) in [4.78, 5) is 15.9. The van der Waals surface area contributed by atoms with Gasteiger partial charge >= 0.3 is 5.97 Å². The quantitative estimate of drug-likeness (QED) is 0.620. The van der Waals surface area contributed by atoms with E-state index in [9.17, 15) is 4.79 Å². The molecule has 1 atom stereocenters. The Bertz CT molecular complexity index is 756. The number of carboxylic acid groups (broad SMARTS) is 1. The van der Waals surface area contributed by atoms with Crippen LogP contribution in [0.1, 0.15) is 67.7 Å². The summed E-state index contributed by atoms with van der Waals surface area (Å²) in [5.41, 5.74) is 3.54. The van der Waals surface area contributed by atoms with Crippen molar-refractivity contribution in [2.24, 2.45) is 7.05 Å². The van der Waals surface area contributed by atoms with Gasteiger partial charge in [0.05, 0.1) is 12.6 Å². The lowest BCUT2D eigenvalue weighted by Crippen LogP contribution is -2.13. The molecule has 6 heteroatoms. The monoisotopic (exact) mass is 370 g/mol. The third-order valence-electron chi connectivity index (χ3n) is 5.30. The summed E-state index contributed by atoms with van der Waals surface area (Å²) in [5.74, 6) is 0.396. The molecule has 0 bridgehead atoms. The highest BCUT2D eigenvalue weighted by Gasteiger charge is 2.17. The Labute approximate surface area is 161 Å². The summed E-state index contributed by atoms with van der Waals surface area (Å²) in [7, 11) is 1.87. The molecule has 0 aromatic carbocycles. The Morgan fingerprint density at radius 2 is 2.15 bits per heavy atom. The van der Waals surface area contributed by atoms with E-state index in [2.05, 4.69) is 22.5 Å². The Morgan fingerprint density at radius 1 is 1.30 bits per heavy atom. The maximum absolute atomic E-state index is 11.1. The molecule has 2 aromatic heterocycles. The van der Waals surface area contributed by atoms with Gasteiger partial charge in [-0.1, -0.05) is 25.3 Å². The van der Waals surface area contributed by atoms with Crippen LogP contribution in [-0.2, 0) is 24.7 Å². The van der Waals surface area contributed by atoms with Crippen LogP contribution in [0.15, 0.2) is 24.5 Å². The molecular formula is C21H30N4O2. The van der Waals surface area contributed by atoms with Crippen molar-refractivity contribution < 1.29 is 9.90 Å². The number of hydrogen-bond donors (Lipinski definition) is 2. The fraction of sp³-hybridized carbons (Fsp3) is 0.571. The number of aryl methyl sites for hydroxylation is 3. The van der Waals surface area contributed by atoms with E-state index in [-0.39, 0.29) is 12.3 Å². The lowest BCUT2D eigenvalue weighted by atomic mass is 9.92. The van der Waals surface area contributed by atoms with Crippen LogP contribution >= 0.6 is 0 Å². The van der Waals surface area contributed by atoms with Crippen molar-refractivity contribution in [3.63, 3.8) is 0 Å². The highest BCUT2D eigenvalue weighted by molar-refractivity contribution is 5.68. The van der Waals surface area contributed by atoms with E-state index in [0.717, 1.165) is 62.9 Å². The van der Waals surface area contributed by atoms with E-state index < -0.39 is 5.97 Å². The first-order valence-electron chi connectivity index (χ1n) is 10.0. The van der Waals surface area contributed by atoms with Crippen molar-refractivity contribution >= 4 is 11.8 Å². The molecule has 0 amide bonds. The number of hydrogen-bond acceptors (Lipinski definition) is 4. The number of aromatic nitrogens is 3. The summed E-state index contributed by atoms with van der Waals surface area (Å²) in [6.45, 7) is 1.03. The molecule has 0 saturated carbocycles. The molecule has 1 aliphatic rings. The second-order valence-electron chi connectivity index (χ2n) is 7.54. The van der Waals surface area contributed by atoms with Crippen molar-refractivity contribution in [1.29, 1.82) is 0 Å². The molecule has 0 aliphatic carbocycles. The van der Waals surface area contributed by atoms with Gasteiger partial charge in [0.2, 0.25) is 0 Å². The summed E-state index contributed by atoms with van der Waals surface area (Å²) in [5, 5.41) is 16.7. The van der Waals surface area contributed by atoms with E-state index in [4.69, 9.17) is 10.1 Å². The van der Waals surface area contributed by atoms with Gasteiger partial charge in [0.25, 0.3) is 0 Å². The summed E-state index contributed by atoms with van der Waals surface area (Å²) in [6, 6.07) is 4.38. The third-order valence-corrected chi connectivity index (χ3v) is 5.30.